The van der Waals surface area contributed by atoms with Gasteiger partial charge in [0.25, 0.3) is 0 Å². The maximum atomic E-state index is 11.4. The molecule has 1 aliphatic heterocycles. The lowest BCUT2D eigenvalue weighted by atomic mass is 10.2. The summed E-state index contributed by atoms with van der Waals surface area (Å²) in [7, 11) is -2.85. The molecule has 1 heterocycles. The van der Waals surface area contributed by atoms with E-state index in [-0.39, 0.29) is 17.4 Å². The van der Waals surface area contributed by atoms with Crippen molar-refractivity contribution in [3.05, 3.63) is 24.3 Å². The summed E-state index contributed by atoms with van der Waals surface area (Å²) in [5, 5.41) is 0. The van der Waals surface area contributed by atoms with Gasteiger partial charge in [-0.1, -0.05) is 0 Å². The highest BCUT2D eigenvalue weighted by Crippen LogP contribution is 2.21. The minimum Gasteiger partial charge on any atom is -0.386 e. The van der Waals surface area contributed by atoms with Crippen LogP contribution in [-0.4, -0.2) is 44.7 Å². The highest BCUT2D eigenvalue weighted by atomic mass is 35.5. The van der Waals surface area contributed by atoms with Gasteiger partial charge < -0.3 is 10.6 Å². The van der Waals surface area contributed by atoms with Crippen molar-refractivity contribution in [3.8, 4) is 0 Å². The Morgan fingerprint density at radius 3 is 2.37 bits per heavy atom. The fourth-order valence-corrected chi connectivity index (χ4v) is 3.17. The van der Waals surface area contributed by atoms with E-state index in [1.807, 2.05) is 24.3 Å². The van der Waals surface area contributed by atoms with Gasteiger partial charge in [-0.15, -0.1) is 11.6 Å². The van der Waals surface area contributed by atoms with Crippen molar-refractivity contribution < 1.29 is 8.42 Å². The molecular formula is C12H16ClN3O2S. The molecule has 1 aliphatic rings. The van der Waals surface area contributed by atoms with Crippen LogP contribution in [0, 0.1) is 0 Å². The molecule has 0 saturated carbocycles. The molecule has 0 amide bonds. The number of aliphatic imine (C=N–C) groups is 1. The lowest BCUT2D eigenvalue weighted by molar-refractivity contribution is 0.587. The first-order valence-corrected chi connectivity index (χ1v) is 8.30. The van der Waals surface area contributed by atoms with Gasteiger partial charge in [-0.3, -0.25) is 0 Å². The zero-order valence-corrected chi connectivity index (χ0v) is 12.0. The Labute approximate surface area is 118 Å². The molecular weight excluding hydrogens is 286 g/mol. The van der Waals surface area contributed by atoms with E-state index in [9.17, 15) is 8.42 Å². The second-order valence-corrected chi connectivity index (χ2v) is 6.96. The Morgan fingerprint density at radius 1 is 1.26 bits per heavy atom. The van der Waals surface area contributed by atoms with Crippen molar-refractivity contribution in [2.24, 2.45) is 10.7 Å². The van der Waals surface area contributed by atoms with Crippen LogP contribution >= 0.6 is 11.6 Å². The van der Waals surface area contributed by atoms with Gasteiger partial charge >= 0.3 is 0 Å². The van der Waals surface area contributed by atoms with Crippen LogP contribution in [0.2, 0.25) is 0 Å². The van der Waals surface area contributed by atoms with Crippen molar-refractivity contribution in [2.75, 3.05) is 35.4 Å². The molecule has 2 N–H and O–H groups in total. The number of anilines is 1. The van der Waals surface area contributed by atoms with Crippen molar-refractivity contribution in [1.82, 2.24) is 0 Å². The van der Waals surface area contributed by atoms with Crippen LogP contribution in [0.3, 0.4) is 0 Å². The van der Waals surface area contributed by atoms with E-state index >= 15 is 0 Å². The molecule has 0 radical (unpaired) electrons. The summed E-state index contributed by atoms with van der Waals surface area (Å²) in [4.78, 5) is 6.19. The van der Waals surface area contributed by atoms with E-state index in [0.29, 0.717) is 18.9 Å². The largest absolute Gasteiger partial charge is 0.386 e. The smallest absolute Gasteiger partial charge is 0.153 e. The standard InChI is InChI=1S/C12H16ClN3O2S/c13-9-12(14)15-10-1-3-11(4-2-10)16-5-7-19(17,18)8-6-16/h1-4H,5-9H2,(H2,14,15). The minimum atomic E-state index is -2.85. The van der Waals surface area contributed by atoms with Gasteiger partial charge in [0.05, 0.1) is 23.1 Å². The molecule has 1 aromatic rings. The first-order chi connectivity index (χ1) is 9.00. The molecule has 5 nitrogen and oxygen atoms in total. The molecule has 1 aromatic carbocycles. The molecule has 0 aromatic heterocycles. The van der Waals surface area contributed by atoms with E-state index < -0.39 is 9.84 Å². The fourth-order valence-electron chi connectivity index (χ4n) is 1.90. The van der Waals surface area contributed by atoms with Gasteiger partial charge in [-0.2, -0.15) is 0 Å². The third kappa shape index (κ3) is 3.84. The number of alkyl halides is 1. The topological polar surface area (TPSA) is 75.8 Å². The number of hydrogen-bond donors (Lipinski definition) is 1. The van der Waals surface area contributed by atoms with Crippen LogP contribution in [0.5, 0.6) is 0 Å². The Morgan fingerprint density at radius 2 is 1.84 bits per heavy atom. The Balaban J connectivity index is 2.07. The zero-order chi connectivity index (χ0) is 13.9. The highest BCUT2D eigenvalue weighted by Gasteiger charge is 2.21. The summed E-state index contributed by atoms with van der Waals surface area (Å²) in [6, 6.07) is 7.52. The van der Waals surface area contributed by atoms with Crippen LogP contribution < -0.4 is 10.6 Å². The quantitative estimate of drug-likeness (QED) is 0.516. The third-order valence-electron chi connectivity index (χ3n) is 2.97. The van der Waals surface area contributed by atoms with Crippen molar-refractivity contribution in [1.29, 1.82) is 0 Å². The molecule has 0 aliphatic carbocycles. The molecule has 0 bridgehead atoms. The average molecular weight is 302 g/mol. The summed E-state index contributed by atoms with van der Waals surface area (Å²) < 4.78 is 22.7. The molecule has 0 atom stereocenters. The van der Waals surface area contributed by atoms with Crippen molar-refractivity contribution in [2.45, 2.75) is 0 Å². The second kappa shape index (κ2) is 5.79. The van der Waals surface area contributed by atoms with Gasteiger partial charge in [0.2, 0.25) is 0 Å². The molecule has 1 fully saturated rings. The summed E-state index contributed by atoms with van der Waals surface area (Å²) in [5.74, 6) is 1.00. The zero-order valence-electron chi connectivity index (χ0n) is 10.4. The summed E-state index contributed by atoms with van der Waals surface area (Å²) in [6.45, 7) is 1.07. The van der Waals surface area contributed by atoms with E-state index in [4.69, 9.17) is 17.3 Å². The van der Waals surface area contributed by atoms with E-state index in [1.165, 1.54) is 0 Å². The summed E-state index contributed by atoms with van der Waals surface area (Å²) in [5.41, 5.74) is 7.30. The molecule has 19 heavy (non-hydrogen) atoms. The lowest BCUT2D eigenvalue weighted by Crippen LogP contribution is -2.40. The Bertz CT molecular complexity index is 555. The number of benzene rings is 1. The van der Waals surface area contributed by atoms with E-state index in [2.05, 4.69) is 9.89 Å². The van der Waals surface area contributed by atoms with Crippen molar-refractivity contribution >= 4 is 38.6 Å². The van der Waals surface area contributed by atoms with Gasteiger partial charge in [-0.05, 0) is 24.3 Å². The maximum Gasteiger partial charge on any atom is 0.153 e. The van der Waals surface area contributed by atoms with Crippen LogP contribution in [0.25, 0.3) is 0 Å². The Kier molecular flexibility index (Phi) is 4.31. The summed E-state index contributed by atoms with van der Waals surface area (Å²) >= 11 is 5.56. The van der Waals surface area contributed by atoms with Crippen LogP contribution in [0.4, 0.5) is 11.4 Å². The van der Waals surface area contributed by atoms with Gasteiger partial charge in [0.15, 0.2) is 9.84 Å². The molecule has 104 valence electrons. The molecule has 0 unspecified atom stereocenters. The van der Waals surface area contributed by atoms with E-state index in [1.54, 1.807) is 0 Å². The van der Waals surface area contributed by atoms with Gasteiger partial charge in [0, 0.05) is 18.8 Å². The van der Waals surface area contributed by atoms with Crippen LogP contribution in [0.15, 0.2) is 29.3 Å². The monoisotopic (exact) mass is 301 g/mol. The first-order valence-electron chi connectivity index (χ1n) is 5.94. The Hall–Kier alpha value is -1.27. The average Bonchev–Trinajstić information content (AvgIpc) is 2.40. The maximum absolute atomic E-state index is 11.4. The number of rotatable bonds is 3. The number of nitrogens with zero attached hydrogens (tertiary/aromatic N) is 2. The number of sulfone groups is 1. The fraction of sp³-hybridized carbons (Fsp3) is 0.417. The second-order valence-electron chi connectivity index (χ2n) is 4.39. The summed E-state index contributed by atoms with van der Waals surface area (Å²) in [6.07, 6.45) is 0. The predicted molar refractivity (Wildman–Crippen MR) is 79.3 cm³/mol. The highest BCUT2D eigenvalue weighted by molar-refractivity contribution is 7.91. The minimum absolute atomic E-state index is 0.200. The predicted octanol–water partition coefficient (Wildman–Crippen LogP) is 1.15. The van der Waals surface area contributed by atoms with Gasteiger partial charge in [0.1, 0.15) is 5.84 Å². The van der Waals surface area contributed by atoms with Crippen LogP contribution in [-0.2, 0) is 9.84 Å². The number of hydrogen-bond acceptors (Lipinski definition) is 4. The van der Waals surface area contributed by atoms with Crippen LogP contribution in [0.1, 0.15) is 0 Å². The first kappa shape index (κ1) is 14.1. The number of nitrogens with two attached hydrogens (primary N) is 1. The third-order valence-corrected chi connectivity index (χ3v) is 4.85. The molecule has 0 spiro atoms. The molecule has 7 heteroatoms. The molecule has 2 rings (SSSR count). The molecule has 1 saturated heterocycles. The van der Waals surface area contributed by atoms with Gasteiger partial charge in [-0.25, -0.2) is 13.4 Å². The SMILES string of the molecule is NC(CCl)=Nc1ccc(N2CCS(=O)(=O)CC2)cc1. The lowest BCUT2D eigenvalue weighted by Gasteiger charge is -2.28. The number of halogens is 1. The number of amidine groups is 1. The normalized spacial score (nSPS) is 19.4. The van der Waals surface area contributed by atoms with E-state index in [0.717, 1.165) is 11.4 Å². The van der Waals surface area contributed by atoms with Crippen molar-refractivity contribution in [3.63, 3.8) is 0 Å².